The zero-order valence-corrected chi connectivity index (χ0v) is 21.4. The summed E-state index contributed by atoms with van der Waals surface area (Å²) in [6.07, 6.45) is 0. The molecular weight excluding hydrogens is 594 g/mol. The lowest BCUT2D eigenvalue weighted by atomic mass is 9.88. The number of thiol groups is 1. The number of hydrogen-bond acceptors (Lipinski definition) is 4. The minimum Gasteiger partial charge on any atom is -0.454 e. The molecule has 0 spiro atoms. The Hall–Kier alpha value is -1.67. The summed E-state index contributed by atoms with van der Waals surface area (Å²) in [5.41, 5.74) is 4.90. The van der Waals surface area contributed by atoms with E-state index in [1.807, 2.05) is 37.3 Å². The third-order valence-corrected chi connectivity index (χ3v) is 7.56. The molecule has 0 N–H and O–H groups in total. The van der Waals surface area contributed by atoms with Crippen molar-refractivity contribution in [3.8, 4) is 11.5 Å². The number of halogens is 3. The van der Waals surface area contributed by atoms with Gasteiger partial charge in [-0.25, -0.2) is 0 Å². The van der Waals surface area contributed by atoms with E-state index in [0.717, 1.165) is 47.2 Å². The Morgan fingerprint density at radius 3 is 2.43 bits per heavy atom. The average molecular weight is 608 g/mol. The van der Waals surface area contributed by atoms with Gasteiger partial charge in [-0.15, -0.1) is 17.5 Å². The first-order chi connectivity index (χ1) is 14.3. The Balaban J connectivity index is 2.27. The third-order valence-electron chi connectivity index (χ3n) is 4.93. The van der Waals surface area contributed by atoms with Crippen LogP contribution in [-0.4, -0.2) is 0 Å². The van der Waals surface area contributed by atoms with E-state index < -0.39 is 0 Å². The van der Waals surface area contributed by atoms with Crippen molar-refractivity contribution in [3.63, 3.8) is 0 Å². The van der Waals surface area contributed by atoms with E-state index in [0.29, 0.717) is 20.9 Å². The highest BCUT2D eigenvalue weighted by Crippen LogP contribution is 2.49. The molecule has 0 aromatic heterocycles. The number of nitroso groups, excluding NO2 is 1. The van der Waals surface area contributed by atoms with Crippen molar-refractivity contribution >= 4 is 83.8 Å². The van der Waals surface area contributed by atoms with Crippen LogP contribution in [0.2, 0.25) is 0 Å². The molecular formula is C23H14Br3NO2S. The van der Waals surface area contributed by atoms with Crippen molar-refractivity contribution in [1.82, 2.24) is 0 Å². The van der Waals surface area contributed by atoms with Gasteiger partial charge in [0, 0.05) is 25.7 Å². The number of allylic oxidation sites excluding steroid dienone is 1. The highest BCUT2D eigenvalue weighted by Gasteiger charge is 2.28. The third kappa shape index (κ3) is 3.32. The van der Waals surface area contributed by atoms with Gasteiger partial charge in [-0.05, 0) is 72.4 Å². The van der Waals surface area contributed by atoms with Gasteiger partial charge in [0.1, 0.15) is 11.4 Å². The molecule has 150 valence electrons. The summed E-state index contributed by atoms with van der Waals surface area (Å²) in [6.45, 7) is 10.2. The molecule has 7 heteroatoms. The van der Waals surface area contributed by atoms with Crippen molar-refractivity contribution in [2.24, 2.45) is 5.18 Å². The van der Waals surface area contributed by atoms with Gasteiger partial charge < -0.3 is 4.74 Å². The second kappa shape index (κ2) is 8.11. The summed E-state index contributed by atoms with van der Waals surface area (Å²) in [5.74, 6) is 1.12. The van der Waals surface area contributed by atoms with Gasteiger partial charge in [-0.1, -0.05) is 58.9 Å². The van der Waals surface area contributed by atoms with E-state index in [9.17, 15) is 4.91 Å². The average Bonchev–Trinajstić information content (AvgIpc) is 2.71. The predicted octanol–water partition coefficient (Wildman–Crippen LogP) is 7.46. The molecule has 0 radical (unpaired) electrons. The Morgan fingerprint density at radius 1 is 1.07 bits per heavy atom. The van der Waals surface area contributed by atoms with Gasteiger partial charge in [-0.3, -0.25) is 0 Å². The maximum atomic E-state index is 11.4. The summed E-state index contributed by atoms with van der Waals surface area (Å²) in [6, 6.07) is 11.9. The number of benzene rings is 3. The van der Waals surface area contributed by atoms with Crippen LogP contribution in [-0.2, 0) is 0 Å². The van der Waals surface area contributed by atoms with Gasteiger partial charge in [0.15, 0.2) is 5.75 Å². The number of hydrogen-bond donors (Lipinski definition) is 1. The molecule has 0 amide bonds. The van der Waals surface area contributed by atoms with Crippen molar-refractivity contribution in [3.05, 3.63) is 88.4 Å². The molecule has 1 aliphatic rings. The smallest absolute Gasteiger partial charge is 0.151 e. The maximum absolute atomic E-state index is 11.4. The van der Waals surface area contributed by atoms with E-state index >= 15 is 0 Å². The summed E-state index contributed by atoms with van der Waals surface area (Å²) in [7, 11) is 0. The fraction of sp³-hybridized carbons (Fsp3) is 0.0435. The molecule has 1 aliphatic heterocycles. The highest BCUT2D eigenvalue weighted by atomic mass is 79.9. The number of nitrogens with zero attached hydrogens (tertiary/aromatic N) is 1. The fourth-order valence-electron chi connectivity index (χ4n) is 3.52. The quantitative estimate of drug-likeness (QED) is 0.194. The molecule has 0 atom stereocenters. The lowest BCUT2D eigenvalue weighted by Crippen LogP contribution is -2.22. The lowest BCUT2D eigenvalue weighted by Gasteiger charge is -2.25. The molecule has 3 nitrogen and oxygen atoms in total. The van der Waals surface area contributed by atoms with Crippen LogP contribution in [0.5, 0.6) is 11.5 Å². The monoisotopic (exact) mass is 605 g/mol. The van der Waals surface area contributed by atoms with Crippen LogP contribution in [0.1, 0.15) is 23.6 Å². The first-order valence-corrected chi connectivity index (χ1v) is 11.6. The largest absolute Gasteiger partial charge is 0.454 e. The van der Waals surface area contributed by atoms with Crippen molar-refractivity contribution in [2.75, 3.05) is 0 Å². The minimum absolute atomic E-state index is 0.191. The van der Waals surface area contributed by atoms with Crippen LogP contribution >= 0.6 is 60.4 Å². The van der Waals surface area contributed by atoms with E-state index in [-0.39, 0.29) is 5.69 Å². The minimum atomic E-state index is 0.191. The highest BCUT2D eigenvalue weighted by molar-refractivity contribution is 9.11. The molecule has 0 bridgehead atoms. The second-order valence-corrected chi connectivity index (χ2v) is 9.78. The standard InChI is InChI=1S/C23H14Br3NO2S/c1-10(2)12-6-4-5-7-13(12)18-14-8-16(24)11(3)19(25)22(14)29-23-15(18)9-17(30)21(27-28)20(23)26/h4-9,30H,1,3H2,2H3. The molecule has 0 fully saturated rings. The summed E-state index contributed by atoms with van der Waals surface area (Å²) >= 11 is 15.2. The van der Waals surface area contributed by atoms with Crippen LogP contribution in [0.4, 0.5) is 5.69 Å². The normalized spacial score (nSPS) is 12.1. The zero-order valence-electron chi connectivity index (χ0n) is 15.7. The Morgan fingerprint density at radius 2 is 1.77 bits per heavy atom. The second-order valence-electron chi connectivity index (χ2n) is 6.86. The van der Waals surface area contributed by atoms with Crippen LogP contribution in [0.3, 0.4) is 0 Å². The Bertz CT molecular complexity index is 1380. The molecule has 0 saturated carbocycles. The number of rotatable bonds is 3. The Labute approximate surface area is 204 Å². The molecule has 0 unspecified atom stereocenters. The van der Waals surface area contributed by atoms with Gasteiger partial charge >= 0.3 is 0 Å². The SMILES string of the molecule is C=C(C)c1ccccc1C1=c2cc(Br)c(=C)c(Br)c2Oc2c1cc(S)c(N=O)c2Br. The molecule has 3 aromatic rings. The van der Waals surface area contributed by atoms with Crippen LogP contribution < -0.4 is 15.2 Å². The molecule has 0 aliphatic carbocycles. The first-order valence-electron chi connectivity index (χ1n) is 8.79. The van der Waals surface area contributed by atoms with E-state index in [2.05, 4.69) is 84.8 Å². The van der Waals surface area contributed by atoms with Crippen LogP contribution in [0.15, 0.2) is 66.5 Å². The van der Waals surface area contributed by atoms with Gasteiger partial charge in [0.2, 0.25) is 0 Å². The van der Waals surface area contributed by atoms with Gasteiger partial charge in [-0.2, -0.15) is 0 Å². The molecule has 30 heavy (non-hydrogen) atoms. The predicted molar refractivity (Wildman–Crippen MR) is 136 cm³/mol. The molecule has 0 saturated heterocycles. The first kappa shape index (κ1) is 21.6. The number of ether oxygens (including phenoxy) is 1. The van der Waals surface area contributed by atoms with Crippen molar-refractivity contribution in [2.45, 2.75) is 11.8 Å². The Kier molecular flexibility index (Phi) is 5.83. The molecule has 4 rings (SSSR count). The summed E-state index contributed by atoms with van der Waals surface area (Å²) in [4.78, 5) is 11.9. The van der Waals surface area contributed by atoms with E-state index in [4.69, 9.17) is 4.74 Å². The van der Waals surface area contributed by atoms with Crippen LogP contribution in [0.25, 0.3) is 17.7 Å². The van der Waals surface area contributed by atoms with Crippen molar-refractivity contribution in [1.29, 1.82) is 0 Å². The van der Waals surface area contributed by atoms with Gasteiger partial charge in [0.25, 0.3) is 0 Å². The number of fused-ring (bicyclic) bond motifs is 2. The zero-order chi connectivity index (χ0) is 21.7. The van der Waals surface area contributed by atoms with E-state index in [1.54, 1.807) is 0 Å². The fourth-order valence-corrected chi connectivity index (χ4v) is 5.73. The topological polar surface area (TPSA) is 38.7 Å². The van der Waals surface area contributed by atoms with E-state index in [1.165, 1.54) is 0 Å². The molecule has 3 aromatic carbocycles. The summed E-state index contributed by atoms with van der Waals surface area (Å²) in [5, 5.41) is 4.77. The maximum Gasteiger partial charge on any atom is 0.151 e. The van der Waals surface area contributed by atoms with Crippen molar-refractivity contribution < 1.29 is 4.74 Å². The van der Waals surface area contributed by atoms with Gasteiger partial charge in [0.05, 0.1) is 8.95 Å². The molecule has 1 heterocycles. The van der Waals surface area contributed by atoms with Crippen LogP contribution in [0, 0.1) is 4.91 Å². The summed E-state index contributed by atoms with van der Waals surface area (Å²) < 4.78 is 8.32. The lowest BCUT2D eigenvalue weighted by molar-refractivity contribution is 0.465.